The highest BCUT2D eigenvalue weighted by atomic mass is 16.6. The van der Waals surface area contributed by atoms with Gasteiger partial charge < -0.3 is 9.26 Å². The Labute approximate surface area is 139 Å². The summed E-state index contributed by atoms with van der Waals surface area (Å²) in [6.07, 6.45) is 4.74. The van der Waals surface area contributed by atoms with Crippen LogP contribution in [0.3, 0.4) is 0 Å². The van der Waals surface area contributed by atoms with Crippen LogP contribution in [0.1, 0.15) is 78.9 Å². The van der Waals surface area contributed by atoms with E-state index in [1.807, 2.05) is 20.8 Å². The van der Waals surface area contributed by atoms with Crippen molar-refractivity contribution in [3.63, 3.8) is 0 Å². The van der Waals surface area contributed by atoms with Crippen molar-refractivity contribution in [3.05, 3.63) is 23.9 Å². The van der Waals surface area contributed by atoms with E-state index in [0.717, 1.165) is 12.8 Å². The number of hydrogen-bond donors (Lipinski definition) is 0. The standard InChI is InChI=1S/C18H30N2O3/c1-8-9-10-11-18(6,7)16-19-14(23-20-16)12-13(2)15(21)22-17(3,4)5/h2,8-12H2,1,3-7H3. The van der Waals surface area contributed by atoms with E-state index in [1.165, 1.54) is 12.8 Å². The van der Waals surface area contributed by atoms with Crippen LogP contribution in [0.25, 0.3) is 0 Å². The molecule has 0 saturated carbocycles. The maximum atomic E-state index is 11.9. The van der Waals surface area contributed by atoms with Gasteiger partial charge in [-0.05, 0) is 27.2 Å². The fourth-order valence-electron chi connectivity index (χ4n) is 2.14. The molecule has 0 radical (unpaired) electrons. The second-order valence-corrected chi connectivity index (χ2v) is 7.63. The molecule has 1 heterocycles. The summed E-state index contributed by atoms with van der Waals surface area (Å²) in [7, 11) is 0. The molecule has 0 saturated heterocycles. The Morgan fingerprint density at radius 3 is 2.43 bits per heavy atom. The maximum Gasteiger partial charge on any atom is 0.334 e. The van der Waals surface area contributed by atoms with Gasteiger partial charge in [-0.15, -0.1) is 0 Å². The molecule has 0 unspecified atom stereocenters. The van der Waals surface area contributed by atoms with Crippen molar-refractivity contribution >= 4 is 5.97 Å². The van der Waals surface area contributed by atoms with E-state index in [1.54, 1.807) is 0 Å². The van der Waals surface area contributed by atoms with Gasteiger partial charge >= 0.3 is 5.97 Å². The summed E-state index contributed by atoms with van der Waals surface area (Å²) in [6.45, 7) is 15.6. The summed E-state index contributed by atoms with van der Waals surface area (Å²) >= 11 is 0. The lowest BCUT2D eigenvalue weighted by molar-refractivity contribution is -0.150. The predicted octanol–water partition coefficient (Wildman–Crippen LogP) is 4.37. The molecule has 0 spiro atoms. The first kappa shape index (κ1) is 19.4. The van der Waals surface area contributed by atoms with Crippen LogP contribution >= 0.6 is 0 Å². The van der Waals surface area contributed by atoms with Gasteiger partial charge in [0.25, 0.3) is 0 Å². The molecule has 0 atom stereocenters. The molecule has 0 aliphatic heterocycles. The Hall–Kier alpha value is -1.65. The second kappa shape index (κ2) is 7.75. The number of carbonyl (C=O) groups excluding carboxylic acids is 1. The summed E-state index contributed by atoms with van der Waals surface area (Å²) in [5.41, 5.74) is -0.357. The van der Waals surface area contributed by atoms with Gasteiger partial charge in [-0.3, -0.25) is 0 Å². The normalized spacial score (nSPS) is 12.3. The van der Waals surface area contributed by atoms with Crippen LogP contribution in [-0.2, 0) is 21.4 Å². The molecule has 0 fully saturated rings. The molecular formula is C18H30N2O3. The zero-order valence-electron chi connectivity index (χ0n) is 15.4. The lowest BCUT2D eigenvalue weighted by Gasteiger charge is -2.20. The van der Waals surface area contributed by atoms with Gasteiger partial charge in [-0.2, -0.15) is 4.98 Å². The number of rotatable bonds is 8. The highest BCUT2D eigenvalue weighted by Gasteiger charge is 2.27. The van der Waals surface area contributed by atoms with E-state index in [9.17, 15) is 4.79 Å². The van der Waals surface area contributed by atoms with Crippen LogP contribution < -0.4 is 0 Å². The van der Waals surface area contributed by atoms with Crippen molar-refractivity contribution < 1.29 is 14.1 Å². The second-order valence-electron chi connectivity index (χ2n) is 7.63. The van der Waals surface area contributed by atoms with Crippen LogP contribution in [0.4, 0.5) is 0 Å². The van der Waals surface area contributed by atoms with E-state index < -0.39 is 11.6 Å². The predicted molar refractivity (Wildman–Crippen MR) is 90.2 cm³/mol. The Balaban J connectivity index is 2.66. The third kappa shape index (κ3) is 6.55. The first-order chi connectivity index (χ1) is 10.5. The van der Waals surface area contributed by atoms with Gasteiger partial charge in [0.05, 0.1) is 6.42 Å². The third-order valence-corrected chi connectivity index (χ3v) is 3.53. The maximum absolute atomic E-state index is 11.9. The number of ether oxygens (including phenoxy) is 1. The lowest BCUT2D eigenvalue weighted by Crippen LogP contribution is -2.25. The fraction of sp³-hybridized carbons (Fsp3) is 0.722. The van der Waals surface area contributed by atoms with Crippen molar-refractivity contribution in [2.24, 2.45) is 0 Å². The summed E-state index contributed by atoms with van der Waals surface area (Å²) < 4.78 is 10.6. The molecule has 0 bridgehead atoms. The van der Waals surface area contributed by atoms with E-state index in [-0.39, 0.29) is 11.8 Å². The van der Waals surface area contributed by atoms with Crippen LogP contribution in [-0.4, -0.2) is 21.7 Å². The minimum absolute atomic E-state index is 0.135. The molecule has 23 heavy (non-hydrogen) atoms. The molecule has 1 aromatic heterocycles. The SMILES string of the molecule is C=C(Cc1nc(C(C)(C)CCCCC)no1)C(=O)OC(C)(C)C. The van der Waals surface area contributed by atoms with Crippen molar-refractivity contribution in [2.75, 3.05) is 0 Å². The number of unbranched alkanes of at least 4 members (excludes halogenated alkanes) is 2. The quantitative estimate of drug-likeness (QED) is 0.404. The summed E-state index contributed by atoms with van der Waals surface area (Å²) in [5, 5.41) is 4.07. The first-order valence-electron chi connectivity index (χ1n) is 8.29. The van der Waals surface area contributed by atoms with Crippen molar-refractivity contribution in [2.45, 2.75) is 84.7 Å². The van der Waals surface area contributed by atoms with Gasteiger partial charge in [0, 0.05) is 11.0 Å². The smallest absolute Gasteiger partial charge is 0.334 e. The Morgan fingerprint density at radius 1 is 1.22 bits per heavy atom. The molecule has 1 aromatic rings. The molecular weight excluding hydrogens is 292 g/mol. The molecule has 130 valence electrons. The largest absolute Gasteiger partial charge is 0.457 e. The monoisotopic (exact) mass is 322 g/mol. The first-order valence-corrected chi connectivity index (χ1v) is 8.29. The number of nitrogens with zero attached hydrogens (tertiary/aromatic N) is 2. The van der Waals surface area contributed by atoms with Gasteiger partial charge in [0.15, 0.2) is 5.82 Å². The Kier molecular flexibility index (Phi) is 6.54. The molecule has 0 N–H and O–H groups in total. The van der Waals surface area contributed by atoms with Gasteiger partial charge in [-0.25, -0.2) is 4.79 Å². The van der Waals surface area contributed by atoms with Crippen molar-refractivity contribution in [3.8, 4) is 0 Å². The summed E-state index contributed by atoms with van der Waals surface area (Å²) in [5.74, 6) is 0.652. The number of hydrogen-bond acceptors (Lipinski definition) is 5. The molecule has 0 aliphatic carbocycles. The zero-order valence-corrected chi connectivity index (χ0v) is 15.4. The Bertz CT molecular complexity index is 539. The van der Waals surface area contributed by atoms with E-state index in [4.69, 9.17) is 9.26 Å². The van der Waals surface area contributed by atoms with E-state index in [2.05, 4.69) is 37.5 Å². The van der Waals surface area contributed by atoms with E-state index >= 15 is 0 Å². The van der Waals surface area contributed by atoms with Crippen LogP contribution in [0, 0.1) is 0 Å². The lowest BCUT2D eigenvalue weighted by atomic mass is 9.86. The molecule has 0 aliphatic rings. The number of aromatic nitrogens is 2. The minimum Gasteiger partial charge on any atom is -0.457 e. The third-order valence-electron chi connectivity index (χ3n) is 3.53. The average Bonchev–Trinajstić information content (AvgIpc) is 2.86. The summed E-state index contributed by atoms with van der Waals surface area (Å²) in [4.78, 5) is 16.4. The highest BCUT2D eigenvalue weighted by molar-refractivity contribution is 5.88. The van der Waals surface area contributed by atoms with Crippen LogP contribution in [0.5, 0.6) is 0 Å². The minimum atomic E-state index is -0.540. The van der Waals surface area contributed by atoms with Gasteiger partial charge in [0.2, 0.25) is 5.89 Å². The zero-order chi connectivity index (χ0) is 17.7. The molecule has 1 rings (SSSR count). The highest BCUT2D eigenvalue weighted by Crippen LogP contribution is 2.27. The van der Waals surface area contributed by atoms with Gasteiger partial charge in [-0.1, -0.05) is 51.8 Å². The van der Waals surface area contributed by atoms with Gasteiger partial charge in [0.1, 0.15) is 5.60 Å². The van der Waals surface area contributed by atoms with Crippen molar-refractivity contribution in [1.29, 1.82) is 0 Å². The van der Waals surface area contributed by atoms with Crippen LogP contribution in [0.15, 0.2) is 16.7 Å². The number of esters is 1. The Morgan fingerprint density at radius 2 is 1.87 bits per heavy atom. The fourth-order valence-corrected chi connectivity index (χ4v) is 2.14. The molecule has 5 heteroatoms. The summed E-state index contributed by atoms with van der Waals surface area (Å²) in [6, 6.07) is 0. The van der Waals surface area contributed by atoms with Crippen molar-refractivity contribution in [1.82, 2.24) is 10.1 Å². The molecule has 0 amide bonds. The van der Waals surface area contributed by atoms with E-state index in [0.29, 0.717) is 17.3 Å². The van der Waals surface area contributed by atoms with Crippen LogP contribution in [0.2, 0.25) is 0 Å². The molecule has 0 aromatic carbocycles. The molecule has 5 nitrogen and oxygen atoms in total. The topological polar surface area (TPSA) is 65.2 Å². The average molecular weight is 322 g/mol. The number of carbonyl (C=O) groups is 1.